The van der Waals surface area contributed by atoms with Crippen molar-refractivity contribution in [2.45, 2.75) is 25.3 Å². The van der Waals surface area contributed by atoms with Gasteiger partial charge in [0.2, 0.25) is 0 Å². The van der Waals surface area contributed by atoms with E-state index in [-0.39, 0.29) is 5.69 Å². The SMILES string of the molecule is N#Cc1cnc(Nc2cc(NCC3CCCCN3)c(N)cn2)cn1. The van der Waals surface area contributed by atoms with E-state index >= 15 is 0 Å². The van der Waals surface area contributed by atoms with E-state index in [2.05, 4.69) is 30.9 Å². The molecule has 5 N–H and O–H groups in total. The van der Waals surface area contributed by atoms with Crippen molar-refractivity contribution in [2.24, 2.45) is 0 Å². The number of pyridine rings is 1. The molecule has 2 aromatic rings. The first-order chi connectivity index (χ1) is 11.7. The van der Waals surface area contributed by atoms with Crippen LogP contribution in [0.5, 0.6) is 0 Å². The molecule has 8 heteroatoms. The maximum atomic E-state index is 8.74. The van der Waals surface area contributed by atoms with Gasteiger partial charge >= 0.3 is 0 Å². The van der Waals surface area contributed by atoms with Crippen molar-refractivity contribution < 1.29 is 0 Å². The van der Waals surface area contributed by atoms with Gasteiger partial charge in [-0.05, 0) is 19.4 Å². The van der Waals surface area contributed by atoms with Crippen LogP contribution in [-0.2, 0) is 0 Å². The highest BCUT2D eigenvalue weighted by atomic mass is 15.1. The van der Waals surface area contributed by atoms with E-state index in [0.717, 1.165) is 18.8 Å². The van der Waals surface area contributed by atoms with Crippen LogP contribution in [0.3, 0.4) is 0 Å². The van der Waals surface area contributed by atoms with Crippen molar-refractivity contribution in [3.63, 3.8) is 0 Å². The van der Waals surface area contributed by atoms with Gasteiger partial charge in [0.15, 0.2) is 5.69 Å². The zero-order chi connectivity index (χ0) is 16.8. The fraction of sp³-hybridized carbons (Fsp3) is 0.375. The molecular weight excluding hydrogens is 304 g/mol. The highest BCUT2D eigenvalue weighted by Crippen LogP contribution is 2.22. The quantitative estimate of drug-likeness (QED) is 0.654. The zero-order valence-electron chi connectivity index (χ0n) is 13.3. The first-order valence-electron chi connectivity index (χ1n) is 7.96. The van der Waals surface area contributed by atoms with Crippen LogP contribution in [0.15, 0.2) is 24.7 Å². The predicted molar refractivity (Wildman–Crippen MR) is 92.8 cm³/mol. The predicted octanol–water partition coefficient (Wildman–Crippen LogP) is 1.62. The second-order valence-electron chi connectivity index (χ2n) is 5.71. The highest BCUT2D eigenvalue weighted by molar-refractivity contribution is 5.70. The average Bonchev–Trinajstić information content (AvgIpc) is 2.63. The lowest BCUT2D eigenvalue weighted by atomic mass is 10.1. The Bertz CT molecular complexity index is 716. The van der Waals surface area contributed by atoms with E-state index in [9.17, 15) is 0 Å². The average molecular weight is 324 g/mol. The maximum Gasteiger partial charge on any atom is 0.158 e. The number of aromatic nitrogens is 3. The highest BCUT2D eigenvalue weighted by Gasteiger charge is 2.13. The summed E-state index contributed by atoms with van der Waals surface area (Å²) in [6.07, 6.45) is 8.19. The van der Waals surface area contributed by atoms with Gasteiger partial charge in [-0.25, -0.2) is 15.0 Å². The fourth-order valence-corrected chi connectivity index (χ4v) is 2.60. The summed E-state index contributed by atoms with van der Waals surface area (Å²) in [5.41, 5.74) is 7.70. The minimum Gasteiger partial charge on any atom is -0.396 e. The molecule has 0 aromatic carbocycles. The molecule has 0 bridgehead atoms. The van der Waals surface area contributed by atoms with Gasteiger partial charge in [-0.15, -0.1) is 0 Å². The van der Waals surface area contributed by atoms with Crippen molar-refractivity contribution in [1.29, 1.82) is 5.26 Å². The van der Waals surface area contributed by atoms with Gasteiger partial charge < -0.3 is 21.7 Å². The Hall–Kier alpha value is -2.92. The topological polar surface area (TPSA) is 125 Å². The number of nitrogens with two attached hydrogens (primary N) is 1. The second kappa shape index (κ2) is 7.57. The number of rotatable bonds is 5. The van der Waals surface area contributed by atoms with E-state index in [1.165, 1.54) is 31.7 Å². The molecule has 0 radical (unpaired) electrons. The van der Waals surface area contributed by atoms with Gasteiger partial charge in [-0.1, -0.05) is 6.42 Å². The smallest absolute Gasteiger partial charge is 0.158 e. The van der Waals surface area contributed by atoms with E-state index < -0.39 is 0 Å². The number of nitrogen functional groups attached to an aromatic ring is 1. The number of hydrogen-bond donors (Lipinski definition) is 4. The molecule has 124 valence electrons. The van der Waals surface area contributed by atoms with Crippen LogP contribution in [0.4, 0.5) is 23.0 Å². The molecule has 1 atom stereocenters. The zero-order valence-corrected chi connectivity index (χ0v) is 13.3. The van der Waals surface area contributed by atoms with Crippen molar-refractivity contribution in [3.05, 3.63) is 30.4 Å². The molecule has 1 fully saturated rings. The van der Waals surface area contributed by atoms with Gasteiger partial charge in [-0.3, -0.25) is 0 Å². The lowest BCUT2D eigenvalue weighted by Crippen LogP contribution is -2.39. The van der Waals surface area contributed by atoms with Crippen LogP contribution in [0.1, 0.15) is 25.0 Å². The Morgan fingerprint density at radius 3 is 2.79 bits per heavy atom. The molecule has 1 unspecified atom stereocenters. The standard InChI is InChI=1S/C16H20N8/c17-6-12-8-22-16(10-20-12)24-15-5-14(13(18)9-23-15)21-7-11-3-1-2-4-19-11/h5,8-11,19H,1-4,7,18H2,(H2,21,22,23,24). The lowest BCUT2D eigenvalue weighted by Gasteiger charge is -2.24. The molecule has 0 saturated carbocycles. The van der Waals surface area contributed by atoms with E-state index in [4.69, 9.17) is 11.0 Å². The minimum atomic E-state index is 0.271. The maximum absolute atomic E-state index is 8.74. The first-order valence-corrected chi connectivity index (χ1v) is 7.96. The van der Waals surface area contributed by atoms with Crippen LogP contribution in [0, 0.1) is 11.3 Å². The van der Waals surface area contributed by atoms with Gasteiger partial charge in [-0.2, -0.15) is 5.26 Å². The molecule has 3 heterocycles. The molecule has 1 aliphatic rings. The summed E-state index contributed by atoms with van der Waals surface area (Å²) < 4.78 is 0. The molecule has 1 saturated heterocycles. The van der Waals surface area contributed by atoms with Crippen molar-refractivity contribution >= 4 is 23.0 Å². The molecule has 1 aliphatic heterocycles. The molecule has 0 spiro atoms. The third-order valence-electron chi connectivity index (χ3n) is 3.91. The molecule has 0 aliphatic carbocycles. The van der Waals surface area contributed by atoms with Crippen molar-refractivity contribution in [1.82, 2.24) is 20.3 Å². The van der Waals surface area contributed by atoms with Crippen LogP contribution in [-0.4, -0.2) is 34.1 Å². The Kier molecular flexibility index (Phi) is 5.03. The number of piperidine rings is 1. The minimum absolute atomic E-state index is 0.271. The number of nitriles is 1. The van der Waals surface area contributed by atoms with Gasteiger partial charge in [0.05, 0.1) is 30.0 Å². The Morgan fingerprint density at radius 1 is 1.21 bits per heavy atom. The van der Waals surface area contributed by atoms with Crippen LogP contribution >= 0.6 is 0 Å². The van der Waals surface area contributed by atoms with Crippen LogP contribution in [0.25, 0.3) is 0 Å². The van der Waals surface area contributed by atoms with Gasteiger partial charge in [0, 0.05) is 18.7 Å². The second-order valence-corrected chi connectivity index (χ2v) is 5.71. The fourth-order valence-electron chi connectivity index (χ4n) is 2.60. The monoisotopic (exact) mass is 324 g/mol. The summed E-state index contributed by atoms with van der Waals surface area (Å²) in [7, 11) is 0. The number of nitrogens with zero attached hydrogens (tertiary/aromatic N) is 4. The van der Waals surface area contributed by atoms with Crippen LogP contribution in [0.2, 0.25) is 0 Å². The summed E-state index contributed by atoms with van der Waals surface area (Å²) in [6.45, 7) is 1.90. The Labute approximate surface area is 140 Å². The summed E-state index contributed by atoms with van der Waals surface area (Å²) in [6, 6.07) is 4.24. The van der Waals surface area contributed by atoms with Gasteiger partial charge in [0.1, 0.15) is 17.7 Å². The van der Waals surface area contributed by atoms with Crippen molar-refractivity contribution in [2.75, 3.05) is 29.5 Å². The number of anilines is 4. The Morgan fingerprint density at radius 2 is 2.08 bits per heavy atom. The lowest BCUT2D eigenvalue weighted by molar-refractivity contribution is 0.414. The summed E-state index contributed by atoms with van der Waals surface area (Å²) >= 11 is 0. The third kappa shape index (κ3) is 4.08. The molecule has 2 aromatic heterocycles. The number of hydrogen-bond acceptors (Lipinski definition) is 8. The van der Waals surface area contributed by atoms with E-state index in [0.29, 0.717) is 23.4 Å². The summed E-state index contributed by atoms with van der Waals surface area (Å²) in [5.74, 6) is 1.13. The summed E-state index contributed by atoms with van der Waals surface area (Å²) in [4.78, 5) is 12.3. The van der Waals surface area contributed by atoms with Crippen LogP contribution < -0.4 is 21.7 Å². The Balaban J connectivity index is 1.65. The largest absolute Gasteiger partial charge is 0.396 e. The molecule has 3 rings (SSSR count). The summed E-state index contributed by atoms with van der Waals surface area (Å²) in [5, 5.41) is 18.7. The third-order valence-corrected chi connectivity index (χ3v) is 3.91. The van der Waals surface area contributed by atoms with E-state index in [1.807, 2.05) is 12.1 Å². The first kappa shape index (κ1) is 16.0. The molecular formula is C16H20N8. The molecule has 24 heavy (non-hydrogen) atoms. The number of nitrogens with one attached hydrogen (secondary N) is 3. The van der Waals surface area contributed by atoms with Gasteiger partial charge in [0.25, 0.3) is 0 Å². The van der Waals surface area contributed by atoms with E-state index in [1.54, 1.807) is 6.20 Å². The normalized spacial score (nSPS) is 17.0. The molecule has 8 nitrogen and oxygen atoms in total. The molecule has 0 amide bonds. The van der Waals surface area contributed by atoms with Crippen molar-refractivity contribution in [3.8, 4) is 6.07 Å².